The Morgan fingerprint density at radius 3 is 2.50 bits per heavy atom. The van der Waals surface area contributed by atoms with Gasteiger partial charge in [-0.3, -0.25) is 4.79 Å². The molecule has 1 amide bonds. The van der Waals surface area contributed by atoms with E-state index in [0.717, 1.165) is 51.0 Å². The third kappa shape index (κ3) is 3.83. The molecule has 0 N–H and O–H groups in total. The number of likely N-dealkylation sites (tertiary alicyclic amines) is 1. The number of nitrogens with zero attached hydrogens (tertiary/aromatic N) is 4. The van der Waals surface area contributed by atoms with E-state index in [0.29, 0.717) is 6.54 Å². The van der Waals surface area contributed by atoms with E-state index >= 15 is 0 Å². The molecule has 3 heterocycles. The molecule has 2 saturated heterocycles. The van der Waals surface area contributed by atoms with Gasteiger partial charge in [0.15, 0.2) is 6.20 Å². The quantitative estimate of drug-likeness (QED) is 0.628. The third-order valence-electron chi connectivity index (χ3n) is 4.97. The van der Waals surface area contributed by atoms with Crippen molar-refractivity contribution in [2.24, 2.45) is 5.92 Å². The number of hydrogen-bond acceptors (Lipinski definition) is 5. The number of nitro groups is 1. The fourth-order valence-electron chi connectivity index (χ4n) is 3.64. The van der Waals surface area contributed by atoms with E-state index in [2.05, 4.69) is 9.88 Å². The zero-order valence-electron chi connectivity index (χ0n) is 13.9. The van der Waals surface area contributed by atoms with Crippen molar-refractivity contribution in [1.29, 1.82) is 0 Å². The van der Waals surface area contributed by atoms with Crippen LogP contribution >= 0.6 is 0 Å². The summed E-state index contributed by atoms with van der Waals surface area (Å²) in [5, 5.41) is 10.7. The highest BCUT2D eigenvalue weighted by atomic mass is 16.6. The van der Waals surface area contributed by atoms with E-state index in [9.17, 15) is 14.9 Å². The normalized spacial score (nSPS) is 22.1. The third-order valence-corrected chi connectivity index (χ3v) is 4.97. The molecule has 1 atom stereocenters. The molecule has 0 aliphatic carbocycles. The Balaban J connectivity index is 1.65. The second kappa shape index (κ2) is 7.59. The summed E-state index contributed by atoms with van der Waals surface area (Å²) < 4.78 is 0. The van der Waals surface area contributed by atoms with Gasteiger partial charge in [0.2, 0.25) is 5.91 Å². The Kier molecular flexibility index (Phi) is 5.27. The van der Waals surface area contributed by atoms with Crippen LogP contribution in [0.3, 0.4) is 0 Å². The highest BCUT2D eigenvalue weighted by Crippen LogP contribution is 2.25. The first-order valence-corrected chi connectivity index (χ1v) is 8.79. The molecule has 7 nitrogen and oxygen atoms in total. The number of anilines is 1. The van der Waals surface area contributed by atoms with Gasteiger partial charge in [-0.1, -0.05) is 12.8 Å². The maximum Gasteiger partial charge on any atom is 0.363 e. The van der Waals surface area contributed by atoms with Gasteiger partial charge in [-0.25, -0.2) is 0 Å². The average molecular weight is 332 g/mol. The topological polar surface area (TPSA) is 79.6 Å². The van der Waals surface area contributed by atoms with Crippen molar-refractivity contribution in [3.63, 3.8) is 0 Å². The Labute approximate surface area is 141 Å². The minimum atomic E-state index is -0.494. The minimum Gasteiger partial charge on any atom is -0.368 e. The highest BCUT2D eigenvalue weighted by molar-refractivity contribution is 5.79. The number of piperidine rings is 1. The van der Waals surface area contributed by atoms with E-state index in [-0.39, 0.29) is 17.6 Å². The highest BCUT2D eigenvalue weighted by Gasteiger charge is 2.30. The van der Waals surface area contributed by atoms with E-state index in [1.807, 2.05) is 4.90 Å². The first kappa shape index (κ1) is 16.7. The number of rotatable bonds is 3. The molecule has 2 aliphatic rings. The maximum absolute atomic E-state index is 12.8. The lowest BCUT2D eigenvalue weighted by atomic mass is 9.96. The van der Waals surface area contributed by atoms with Gasteiger partial charge < -0.3 is 19.9 Å². The number of hydrogen-bond donors (Lipinski definition) is 0. The van der Waals surface area contributed by atoms with Gasteiger partial charge in [0.25, 0.3) is 0 Å². The molecule has 7 heteroatoms. The lowest BCUT2D eigenvalue weighted by Gasteiger charge is -2.35. The molecule has 1 aromatic rings. The molecule has 2 aliphatic heterocycles. The molecule has 0 spiro atoms. The van der Waals surface area contributed by atoms with Crippen molar-refractivity contribution in [3.8, 4) is 0 Å². The number of carbonyl (C=O) groups is 1. The summed E-state index contributed by atoms with van der Waals surface area (Å²) in [7, 11) is 0. The molecular formula is C17H24N4O3. The van der Waals surface area contributed by atoms with Crippen molar-refractivity contribution in [3.05, 3.63) is 28.4 Å². The molecule has 0 aromatic carbocycles. The largest absolute Gasteiger partial charge is 0.368 e. The molecule has 0 radical (unpaired) electrons. The van der Waals surface area contributed by atoms with Crippen LogP contribution in [-0.4, -0.2) is 46.9 Å². The van der Waals surface area contributed by atoms with Gasteiger partial charge in [0.05, 0.1) is 11.6 Å². The van der Waals surface area contributed by atoms with Gasteiger partial charge in [-0.15, -0.1) is 0 Å². The summed E-state index contributed by atoms with van der Waals surface area (Å²) in [6, 6.07) is 3.15. The maximum atomic E-state index is 12.8. The van der Waals surface area contributed by atoms with Crippen LogP contribution in [0.1, 0.15) is 38.5 Å². The first-order valence-electron chi connectivity index (χ1n) is 8.79. The molecule has 1 unspecified atom stereocenters. The summed E-state index contributed by atoms with van der Waals surface area (Å²) in [5.41, 5.74) is 0.856. The van der Waals surface area contributed by atoms with Crippen molar-refractivity contribution in [1.82, 2.24) is 9.88 Å². The Hall–Kier alpha value is -2.18. The fraction of sp³-hybridized carbons (Fsp3) is 0.647. The molecule has 24 heavy (non-hydrogen) atoms. The van der Waals surface area contributed by atoms with Crippen LogP contribution in [0.15, 0.2) is 18.3 Å². The van der Waals surface area contributed by atoms with Crippen LogP contribution in [0.5, 0.6) is 0 Å². The molecule has 130 valence electrons. The Morgan fingerprint density at radius 1 is 1.12 bits per heavy atom. The number of carbonyl (C=O) groups excluding carboxylic acids is 1. The first-order chi connectivity index (χ1) is 11.6. The zero-order valence-corrected chi connectivity index (χ0v) is 13.9. The van der Waals surface area contributed by atoms with Crippen LogP contribution in [-0.2, 0) is 4.79 Å². The number of aromatic nitrogens is 1. The summed E-state index contributed by atoms with van der Waals surface area (Å²) >= 11 is 0. The van der Waals surface area contributed by atoms with Crippen LogP contribution in [0.2, 0.25) is 0 Å². The van der Waals surface area contributed by atoms with Crippen molar-refractivity contribution < 1.29 is 9.72 Å². The van der Waals surface area contributed by atoms with Gasteiger partial charge in [-0.05, 0) is 41.7 Å². The molecule has 0 saturated carbocycles. The van der Waals surface area contributed by atoms with Gasteiger partial charge in [-0.2, -0.15) is 0 Å². The van der Waals surface area contributed by atoms with Gasteiger partial charge in [0.1, 0.15) is 0 Å². The van der Waals surface area contributed by atoms with Crippen LogP contribution < -0.4 is 4.90 Å². The second-order valence-electron chi connectivity index (χ2n) is 6.66. The number of pyridine rings is 1. The van der Waals surface area contributed by atoms with Crippen LogP contribution in [0, 0.1) is 16.0 Å². The second-order valence-corrected chi connectivity index (χ2v) is 6.66. The summed E-state index contributed by atoms with van der Waals surface area (Å²) in [6.45, 7) is 3.31. The van der Waals surface area contributed by atoms with Gasteiger partial charge in [0, 0.05) is 32.2 Å². The monoisotopic (exact) mass is 332 g/mol. The van der Waals surface area contributed by atoms with Crippen LogP contribution in [0.25, 0.3) is 0 Å². The minimum absolute atomic E-state index is 0.0204. The SMILES string of the molecule is O=C(C1CCCN(c2ccc([N+](=O)[O-])nc2)C1)N1CCCCCC1. The standard InChI is InChI=1S/C17H24N4O3/c22-17(19-9-3-1-2-4-10-19)14-6-5-11-20(13-14)15-7-8-16(18-12-15)21(23)24/h7-8,12,14H,1-6,9-11,13H2. The van der Waals surface area contributed by atoms with E-state index in [1.165, 1.54) is 25.1 Å². The van der Waals surface area contributed by atoms with Gasteiger partial charge >= 0.3 is 5.82 Å². The predicted molar refractivity (Wildman–Crippen MR) is 90.9 cm³/mol. The van der Waals surface area contributed by atoms with Crippen molar-refractivity contribution in [2.45, 2.75) is 38.5 Å². The van der Waals surface area contributed by atoms with Crippen molar-refractivity contribution in [2.75, 3.05) is 31.1 Å². The number of amides is 1. The van der Waals surface area contributed by atoms with E-state index in [1.54, 1.807) is 6.07 Å². The van der Waals surface area contributed by atoms with E-state index in [4.69, 9.17) is 0 Å². The molecule has 1 aromatic heterocycles. The van der Waals surface area contributed by atoms with Crippen LogP contribution in [0.4, 0.5) is 11.5 Å². The molecule has 0 bridgehead atoms. The molecule has 2 fully saturated rings. The Morgan fingerprint density at radius 2 is 1.88 bits per heavy atom. The average Bonchev–Trinajstić information content (AvgIpc) is 2.90. The van der Waals surface area contributed by atoms with E-state index < -0.39 is 4.92 Å². The lowest BCUT2D eigenvalue weighted by molar-refractivity contribution is -0.389. The molecule has 3 rings (SSSR count). The Bertz CT molecular complexity index is 582. The van der Waals surface area contributed by atoms with Crippen molar-refractivity contribution >= 4 is 17.4 Å². The predicted octanol–water partition coefficient (Wildman–Crippen LogP) is 2.61. The molecular weight excluding hydrogens is 308 g/mol. The summed E-state index contributed by atoms with van der Waals surface area (Å²) in [6.07, 6.45) is 8.07. The smallest absolute Gasteiger partial charge is 0.363 e. The summed E-state index contributed by atoms with van der Waals surface area (Å²) in [5.74, 6) is 0.150. The summed E-state index contributed by atoms with van der Waals surface area (Å²) in [4.78, 5) is 31.1. The fourth-order valence-corrected chi connectivity index (χ4v) is 3.64. The lowest BCUT2D eigenvalue weighted by Crippen LogP contribution is -2.45. The zero-order chi connectivity index (χ0) is 16.9.